The van der Waals surface area contributed by atoms with Gasteiger partial charge < -0.3 is 10.1 Å². The second kappa shape index (κ2) is 7.93. The van der Waals surface area contributed by atoms with Crippen LogP contribution < -0.4 is 10.1 Å². The molecule has 1 aromatic heterocycles. The molecule has 1 unspecified atom stereocenters. The number of nitrogens with one attached hydrogen (secondary N) is 1. The first-order valence-corrected chi connectivity index (χ1v) is 8.78. The maximum absolute atomic E-state index is 5.49. The molecule has 0 bridgehead atoms. The normalized spacial score (nSPS) is 18.1. The molecule has 0 spiro atoms. The quantitative estimate of drug-likeness (QED) is 0.840. The number of methoxy groups -OCH3 is 1. The zero-order valence-corrected chi connectivity index (χ0v) is 13.7. The summed E-state index contributed by atoms with van der Waals surface area (Å²) in [7, 11) is 3.74. The number of thioether (sulfide) groups is 1. The first kappa shape index (κ1) is 15.7. The summed E-state index contributed by atoms with van der Waals surface area (Å²) in [6, 6.07) is 0.352. The van der Waals surface area contributed by atoms with Crippen molar-refractivity contribution in [3.8, 4) is 5.75 Å². The second-order valence-corrected chi connectivity index (χ2v) is 6.74. The average molecular weight is 297 g/mol. The van der Waals surface area contributed by atoms with Crippen LogP contribution in [0.5, 0.6) is 5.75 Å². The zero-order chi connectivity index (χ0) is 14.4. The number of aryl methyl sites for hydroxylation is 1. The molecule has 0 amide bonds. The number of rotatable bonds is 7. The summed E-state index contributed by atoms with van der Waals surface area (Å²) in [5.74, 6) is 4.36. The van der Waals surface area contributed by atoms with Crippen molar-refractivity contribution in [3.63, 3.8) is 0 Å². The maximum atomic E-state index is 5.49. The molecular weight excluding hydrogens is 270 g/mol. The molecule has 1 N–H and O–H groups in total. The standard InChI is InChI=1S/C15H27N3OS/c1-4-7-16-13(10-12-5-8-20-9-6-12)15-14(19-3)11-17-18(15)2/h11-13,16H,4-10H2,1-3H3. The molecule has 5 heteroatoms. The van der Waals surface area contributed by atoms with E-state index in [0.717, 1.165) is 24.6 Å². The van der Waals surface area contributed by atoms with E-state index >= 15 is 0 Å². The minimum absolute atomic E-state index is 0.352. The van der Waals surface area contributed by atoms with Gasteiger partial charge in [-0.15, -0.1) is 0 Å². The Labute approximate surface area is 126 Å². The highest BCUT2D eigenvalue weighted by atomic mass is 32.2. The van der Waals surface area contributed by atoms with Crippen molar-refractivity contribution in [1.82, 2.24) is 15.1 Å². The van der Waals surface area contributed by atoms with Crippen LogP contribution in [0.1, 0.15) is 44.3 Å². The number of ether oxygens (including phenoxy) is 1. The van der Waals surface area contributed by atoms with Crippen LogP contribution >= 0.6 is 11.8 Å². The Balaban J connectivity index is 2.10. The van der Waals surface area contributed by atoms with Gasteiger partial charge in [0, 0.05) is 7.05 Å². The van der Waals surface area contributed by atoms with Crippen LogP contribution in [0.4, 0.5) is 0 Å². The molecule has 1 aliphatic heterocycles. The predicted molar refractivity (Wildman–Crippen MR) is 85.5 cm³/mol. The van der Waals surface area contributed by atoms with Gasteiger partial charge in [0.15, 0.2) is 5.75 Å². The number of hydrogen-bond acceptors (Lipinski definition) is 4. The largest absolute Gasteiger partial charge is 0.493 e. The first-order chi connectivity index (χ1) is 9.76. The second-order valence-electron chi connectivity index (χ2n) is 5.52. The van der Waals surface area contributed by atoms with Gasteiger partial charge in [-0.1, -0.05) is 6.92 Å². The predicted octanol–water partition coefficient (Wildman–Crippen LogP) is 3.00. The lowest BCUT2D eigenvalue weighted by atomic mass is 9.92. The van der Waals surface area contributed by atoms with Crippen molar-refractivity contribution in [3.05, 3.63) is 11.9 Å². The average Bonchev–Trinajstić information content (AvgIpc) is 2.85. The van der Waals surface area contributed by atoms with E-state index in [0.29, 0.717) is 6.04 Å². The van der Waals surface area contributed by atoms with E-state index in [1.807, 2.05) is 17.9 Å². The summed E-state index contributed by atoms with van der Waals surface area (Å²) in [6.45, 7) is 3.25. The highest BCUT2D eigenvalue weighted by Gasteiger charge is 2.25. The fourth-order valence-corrected chi connectivity index (χ4v) is 4.11. The lowest BCUT2D eigenvalue weighted by molar-refractivity contribution is 0.342. The molecule has 2 rings (SSSR count). The molecule has 0 radical (unpaired) electrons. The molecular formula is C15H27N3OS. The van der Waals surface area contributed by atoms with Crippen LogP contribution in [-0.2, 0) is 7.05 Å². The smallest absolute Gasteiger partial charge is 0.161 e. The Bertz CT molecular complexity index is 402. The van der Waals surface area contributed by atoms with Crippen molar-refractivity contribution in [2.24, 2.45) is 13.0 Å². The van der Waals surface area contributed by atoms with E-state index in [4.69, 9.17) is 4.74 Å². The van der Waals surface area contributed by atoms with E-state index < -0.39 is 0 Å². The van der Waals surface area contributed by atoms with Crippen LogP contribution in [0, 0.1) is 5.92 Å². The Morgan fingerprint density at radius 1 is 1.50 bits per heavy atom. The summed E-state index contributed by atoms with van der Waals surface area (Å²) >= 11 is 2.09. The van der Waals surface area contributed by atoms with Gasteiger partial charge in [-0.05, 0) is 49.7 Å². The lowest BCUT2D eigenvalue weighted by Gasteiger charge is -2.27. The minimum atomic E-state index is 0.352. The molecule has 1 aliphatic rings. The minimum Gasteiger partial charge on any atom is -0.493 e. The van der Waals surface area contributed by atoms with Gasteiger partial charge in [0.05, 0.1) is 25.0 Å². The molecule has 0 aromatic carbocycles. The summed E-state index contributed by atoms with van der Waals surface area (Å²) < 4.78 is 7.45. The monoisotopic (exact) mass is 297 g/mol. The van der Waals surface area contributed by atoms with Crippen molar-refractivity contribution in [2.45, 2.75) is 38.6 Å². The van der Waals surface area contributed by atoms with Gasteiger partial charge in [0.1, 0.15) is 0 Å². The molecule has 1 fully saturated rings. The fraction of sp³-hybridized carbons (Fsp3) is 0.800. The third-order valence-corrected chi connectivity index (χ3v) is 5.10. The third-order valence-electron chi connectivity index (χ3n) is 4.05. The van der Waals surface area contributed by atoms with Crippen LogP contribution in [-0.4, -0.2) is 34.9 Å². The van der Waals surface area contributed by atoms with Gasteiger partial charge in [-0.3, -0.25) is 4.68 Å². The highest BCUT2D eigenvalue weighted by Crippen LogP contribution is 2.34. The Kier molecular flexibility index (Phi) is 6.23. The SMILES string of the molecule is CCCNC(CC1CCSCC1)c1c(OC)cnn1C. The van der Waals surface area contributed by atoms with Gasteiger partial charge in [-0.2, -0.15) is 16.9 Å². The molecule has 0 saturated carbocycles. The fourth-order valence-electron chi connectivity index (χ4n) is 2.91. The van der Waals surface area contributed by atoms with Crippen molar-refractivity contribution >= 4 is 11.8 Å². The van der Waals surface area contributed by atoms with Crippen LogP contribution in [0.25, 0.3) is 0 Å². The molecule has 1 aromatic rings. The van der Waals surface area contributed by atoms with Crippen LogP contribution in [0.3, 0.4) is 0 Å². The molecule has 20 heavy (non-hydrogen) atoms. The van der Waals surface area contributed by atoms with Gasteiger partial charge in [0.2, 0.25) is 0 Å². The number of hydrogen-bond donors (Lipinski definition) is 1. The lowest BCUT2D eigenvalue weighted by Crippen LogP contribution is -2.28. The molecule has 1 atom stereocenters. The van der Waals surface area contributed by atoms with Gasteiger partial charge in [0.25, 0.3) is 0 Å². The van der Waals surface area contributed by atoms with Crippen molar-refractivity contribution in [2.75, 3.05) is 25.2 Å². The van der Waals surface area contributed by atoms with E-state index in [2.05, 4.69) is 29.1 Å². The Morgan fingerprint density at radius 2 is 2.25 bits per heavy atom. The summed E-state index contributed by atoms with van der Waals surface area (Å²) in [6.07, 6.45) is 6.85. The van der Waals surface area contributed by atoms with E-state index in [-0.39, 0.29) is 0 Å². The van der Waals surface area contributed by atoms with E-state index in [1.54, 1.807) is 7.11 Å². The van der Waals surface area contributed by atoms with Gasteiger partial charge in [-0.25, -0.2) is 0 Å². The summed E-state index contributed by atoms with van der Waals surface area (Å²) in [5, 5.41) is 8.04. The molecule has 0 aliphatic carbocycles. The molecule has 1 saturated heterocycles. The van der Waals surface area contributed by atoms with Crippen molar-refractivity contribution < 1.29 is 4.74 Å². The van der Waals surface area contributed by atoms with E-state index in [9.17, 15) is 0 Å². The van der Waals surface area contributed by atoms with Crippen LogP contribution in [0.2, 0.25) is 0 Å². The number of aromatic nitrogens is 2. The van der Waals surface area contributed by atoms with E-state index in [1.165, 1.54) is 36.5 Å². The molecule has 114 valence electrons. The summed E-state index contributed by atoms with van der Waals surface area (Å²) in [4.78, 5) is 0. The summed E-state index contributed by atoms with van der Waals surface area (Å²) in [5.41, 5.74) is 1.19. The Morgan fingerprint density at radius 3 is 2.90 bits per heavy atom. The topological polar surface area (TPSA) is 39.1 Å². The maximum Gasteiger partial charge on any atom is 0.161 e. The zero-order valence-electron chi connectivity index (χ0n) is 12.9. The molecule has 4 nitrogen and oxygen atoms in total. The molecule has 2 heterocycles. The third kappa shape index (κ3) is 3.92. The first-order valence-electron chi connectivity index (χ1n) is 7.63. The van der Waals surface area contributed by atoms with Crippen LogP contribution in [0.15, 0.2) is 6.20 Å². The number of nitrogens with zero attached hydrogens (tertiary/aromatic N) is 2. The van der Waals surface area contributed by atoms with Gasteiger partial charge >= 0.3 is 0 Å². The Hall–Kier alpha value is -0.680. The highest BCUT2D eigenvalue weighted by molar-refractivity contribution is 7.99. The van der Waals surface area contributed by atoms with Crippen molar-refractivity contribution in [1.29, 1.82) is 0 Å².